The Morgan fingerprint density at radius 3 is 1.83 bits per heavy atom. The number of nitrogens with one attached hydrogen (secondary N) is 1. The number of nitro benzene ring substituents is 1. The highest BCUT2D eigenvalue weighted by atomic mass is 32.2. The molecule has 0 heterocycles. The minimum absolute atomic E-state index is 0.0274. The van der Waals surface area contributed by atoms with E-state index in [1.54, 1.807) is 24.3 Å². The monoisotopic (exact) mass is 516 g/mol. The van der Waals surface area contributed by atoms with E-state index in [0.29, 0.717) is 28.4 Å². The van der Waals surface area contributed by atoms with Crippen LogP contribution in [-0.2, 0) is 10.0 Å². The standard InChI is InChI=1S/C24H24N2O9S/c1-32-21-13-16(14-22(33-2)24(21)35-4)6-5-15-11-19(23(34-3)20(27)12-15)25-36(30,31)18-9-7-17(8-10-18)26(28)29/h5-14,25,27H,1-4H3/b6-5-. The van der Waals surface area contributed by atoms with Crippen molar-refractivity contribution >= 4 is 33.6 Å². The van der Waals surface area contributed by atoms with Gasteiger partial charge in [0.2, 0.25) is 5.75 Å². The highest BCUT2D eigenvalue weighted by Crippen LogP contribution is 2.40. The second kappa shape index (κ2) is 10.9. The van der Waals surface area contributed by atoms with Crippen molar-refractivity contribution in [1.29, 1.82) is 0 Å². The summed E-state index contributed by atoms with van der Waals surface area (Å²) >= 11 is 0. The first kappa shape index (κ1) is 26.2. The van der Waals surface area contributed by atoms with Crippen molar-refractivity contribution in [2.45, 2.75) is 4.90 Å². The van der Waals surface area contributed by atoms with Gasteiger partial charge in [-0.15, -0.1) is 0 Å². The van der Waals surface area contributed by atoms with E-state index in [0.717, 1.165) is 24.3 Å². The van der Waals surface area contributed by atoms with Crippen LogP contribution in [0.1, 0.15) is 11.1 Å². The molecule has 0 fully saturated rings. The number of methoxy groups -OCH3 is 4. The van der Waals surface area contributed by atoms with E-state index in [1.165, 1.54) is 40.6 Å². The van der Waals surface area contributed by atoms with E-state index in [-0.39, 0.29) is 27.8 Å². The first-order valence-corrected chi connectivity index (χ1v) is 11.8. The van der Waals surface area contributed by atoms with Gasteiger partial charge in [-0.25, -0.2) is 8.42 Å². The molecule has 0 spiro atoms. The van der Waals surface area contributed by atoms with E-state index in [1.807, 2.05) is 0 Å². The molecule has 0 aliphatic rings. The van der Waals surface area contributed by atoms with Crippen molar-refractivity contribution in [3.8, 4) is 28.7 Å². The van der Waals surface area contributed by atoms with Gasteiger partial charge in [-0.1, -0.05) is 12.2 Å². The van der Waals surface area contributed by atoms with E-state index < -0.39 is 14.9 Å². The van der Waals surface area contributed by atoms with Gasteiger partial charge in [0.15, 0.2) is 23.0 Å². The summed E-state index contributed by atoms with van der Waals surface area (Å²) in [5.74, 6) is 0.940. The van der Waals surface area contributed by atoms with Crippen molar-refractivity contribution in [2.24, 2.45) is 0 Å². The van der Waals surface area contributed by atoms with Crippen molar-refractivity contribution in [3.63, 3.8) is 0 Å². The second-order valence-electron chi connectivity index (χ2n) is 7.27. The molecule has 0 bridgehead atoms. The molecule has 2 N–H and O–H groups in total. The average Bonchev–Trinajstić information content (AvgIpc) is 2.86. The summed E-state index contributed by atoms with van der Waals surface area (Å²) < 4.78 is 49.3. The molecule has 11 nitrogen and oxygen atoms in total. The van der Waals surface area contributed by atoms with Crippen LogP contribution in [0.15, 0.2) is 53.4 Å². The maximum atomic E-state index is 12.9. The molecule has 0 unspecified atom stereocenters. The fraction of sp³-hybridized carbons (Fsp3) is 0.167. The maximum absolute atomic E-state index is 12.9. The zero-order valence-electron chi connectivity index (χ0n) is 19.8. The maximum Gasteiger partial charge on any atom is 0.269 e. The summed E-state index contributed by atoms with van der Waals surface area (Å²) in [6.07, 6.45) is 3.35. The van der Waals surface area contributed by atoms with Crippen molar-refractivity contribution in [3.05, 3.63) is 69.8 Å². The Balaban J connectivity index is 1.97. The van der Waals surface area contributed by atoms with Crippen molar-refractivity contribution < 1.29 is 37.4 Å². The lowest BCUT2D eigenvalue weighted by Crippen LogP contribution is -2.14. The minimum Gasteiger partial charge on any atom is -0.504 e. The Hall–Kier alpha value is -4.45. The summed E-state index contributed by atoms with van der Waals surface area (Å²) in [5.41, 5.74) is 0.861. The van der Waals surface area contributed by atoms with Crippen LogP contribution in [0.5, 0.6) is 28.7 Å². The van der Waals surface area contributed by atoms with Gasteiger partial charge >= 0.3 is 0 Å². The molecule has 0 atom stereocenters. The van der Waals surface area contributed by atoms with Gasteiger partial charge in [-0.2, -0.15) is 0 Å². The van der Waals surface area contributed by atoms with Crippen LogP contribution in [0.3, 0.4) is 0 Å². The SMILES string of the molecule is COc1cc(/C=C\c2cc(O)c(OC)c(NS(=O)(=O)c3ccc([N+](=O)[O-])cc3)c2)cc(OC)c1OC. The number of sulfonamides is 1. The molecule has 0 amide bonds. The Labute approximate surface area is 207 Å². The summed E-state index contributed by atoms with van der Waals surface area (Å²) in [4.78, 5) is 10.0. The topological polar surface area (TPSA) is 146 Å². The normalized spacial score (nSPS) is 11.2. The number of ether oxygens (including phenoxy) is 4. The van der Waals surface area contributed by atoms with Crippen molar-refractivity contribution in [1.82, 2.24) is 0 Å². The van der Waals surface area contributed by atoms with Gasteiger partial charge < -0.3 is 24.1 Å². The zero-order valence-corrected chi connectivity index (χ0v) is 20.7. The number of rotatable bonds is 10. The van der Waals surface area contributed by atoms with Crippen LogP contribution in [-0.4, -0.2) is 46.9 Å². The molecule has 0 aliphatic heterocycles. The fourth-order valence-electron chi connectivity index (χ4n) is 3.36. The number of anilines is 1. The molecule has 0 saturated heterocycles. The lowest BCUT2D eigenvalue weighted by atomic mass is 10.1. The van der Waals surface area contributed by atoms with E-state index in [9.17, 15) is 23.6 Å². The molecule has 0 aliphatic carbocycles. The van der Waals surface area contributed by atoms with Gasteiger partial charge in [0, 0.05) is 12.1 Å². The summed E-state index contributed by atoms with van der Waals surface area (Å²) in [6, 6.07) is 10.7. The molecular formula is C24H24N2O9S. The zero-order chi connectivity index (χ0) is 26.5. The highest BCUT2D eigenvalue weighted by Gasteiger charge is 2.20. The molecule has 3 aromatic carbocycles. The number of hydrogen-bond donors (Lipinski definition) is 2. The van der Waals surface area contributed by atoms with Crippen LogP contribution in [0.25, 0.3) is 12.2 Å². The number of phenols is 1. The molecule has 0 saturated carbocycles. The van der Waals surface area contributed by atoms with Gasteiger partial charge in [-0.05, 0) is 47.5 Å². The number of hydrogen-bond acceptors (Lipinski definition) is 9. The van der Waals surface area contributed by atoms with E-state index >= 15 is 0 Å². The fourth-order valence-corrected chi connectivity index (χ4v) is 4.42. The number of nitrogens with zero attached hydrogens (tertiary/aromatic N) is 1. The van der Waals surface area contributed by atoms with Crippen LogP contribution < -0.4 is 23.7 Å². The average molecular weight is 517 g/mol. The third-order valence-corrected chi connectivity index (χ3v) is 6.43. The Morgan fingerprint density at radius 1 is 0.833 bits per heavy atom. The predicted octanol–water partition coefficient (Wildman–Crippen LogP) is 4.31. The first-order chi connectivity index (χ1) is 17.1. The van der Waals surface area contributed by atoms with Gasteiger partial charge in [0.25, 0.3) is 15.7 Å². The van der Waals surface area contributed by atoms with Gasteiger partial charge in [0.1, 0.15) is 0 Å². The predicted molar refractivity (Wildman–Crippen MR) is 134 cm³/mol. The molecular weight excluding hydrogens is 492 g/mol. The smallest absolute Gasteiger partial charge is 0.269 e. The molecule has 0 radical (unpaired) electrons. The quantitative estimate of drug-likeness (QED) is 0.229. The van der Waals surface area contributed by atoms with Crippen LogP contribution in [0, 0.1) is 10.1 Å². The Bertz CT molecular complexity index is 1380. The summed E-state index contributed by atoms with van der Waals surface area (Å²) in [5, 5.41) is 21.3. The highest BCUT2D eigenvalue weighted by molar-refractivity contribution is 7.92. The summed E-state index contributed by atoms with van der Waals surface area (Å²) in [7, 11) is 1.62. The number of non-ortho nitro benzene ring substituents is 1. The number of nitro groups is 1. The van der Waals surface area contributed by atoms with Gasteiger partial charge in [0.05, 0.1) is 43.9 Å². The minimum atomic E-state index is -4.15. The lowest BCUT2D eigenvalue weighted by Gasteiger charge is -2.14. The lowest BCUT2D eigenvalue weighted by molar-refractivity contribution is -0.384. The third kappa shape index (κ3) is 5.61. The van der Waals surface area contributed by atoms with Gasteiger partial charge in [-0.3, -0.25) is 14.8 Å². The molecule has 190 valence electrons. The van der Waals surface area contributed by atoms with Crippen LogP contribution >= 0.6 is 0 Å². The van der Waals surface area contributed by atoms with Crippen LogP contribution in [0.2, 0.25) is 0 Å². The largest absolute Gasteiger partial charge is 0.504 e. The molecule has 3 rings (SSSR count). The molecule has 3 aromatic rings. The first-order valence-electron chi connectivity index (χ1n) is 10.3. The molecule has 36 heavy (non-hydrogen) atoms. The van der Waals surface area contributed by atoms with E-state index in [2.05, 4.69) is 4.72 Å². The molecule has 12 heteroatoms. The number of benzene rings is 3. The van der Waals surface area contributed by atoms with Crippen LogP contribution in [0.4, 0.5) is 11.4 Å². The number of phenolic OH excluding ortho intramolecular Hbond substituents is 1. The Kier molecular flexibility index (Phi) is 7.90. The third-order valence-electron chi connectivity index (χ3n) is 5.05. The molecule has 0 aromatic heterocycles. The number of aromatic hydroxyl groups is 1. The summed E-state index contributed by atoms with van der Waals surface area (Å²) in [6.45, 7) is 0. The van der Waals surface area contributed by atoms with E-state index in [4.69, 9.17) is 18.9 Å². The second-order valence-corrected chi connectivity index (χ2v) is 8.95. The van der Waals surface area contributed by atoms with Crippen molar-refractivity contribution in [2.75, 3.05) is 33.2 Å². The Morgan fingerprint density at radius 2 is 1.36 bits per heavy atom.